The predicted molar refractivity (Wildman–Crippen MR) is 384 cm³/mol. The van der Waals surface area contributed by atoms with Gasteiger partial charge in [-0.15, -0.1) is 0 Å². The lowest BCUT2D eigenvalue weighted by molar-refractivity contribution is -0.144. The normalized spacial score (nSPS) is 25.9. The molecule has 4 aliphatic heterocycles. The minimum atomic E-state index is -5.70. The van der Waals surface area contributed by atoms with E-state index in [0.717, 1.165) is 41.4 Å². The van der Waals surface area contributed by atoms with Gasteiger partial charge in [0.05, 0.1) is 58.2 Å². The average Bonchev–Trinajstić information content (AvgIpc) is 1.64. The molecule has 10 heterocycles. The van der Waals surface area contributed by atoms with E-state index >= 15 is 0 Å². The highest BCUT2D eigenvalue weighted by Crippen LogP contribution is 2.66. The van der Waals surface area contributed by atoms with Gasteiger partial charge in [-0.05, 0) is 6.92 Å². The maximum Gasteiger partial charge on any atom is 0.490 e. The van der Waals surface area contributed by atoms with Crippen LogP contribution in [0.3, 0.4) is 0 Å². The molecule has 1 amide bonds. The fourth-order valence-electron chi connectivity index (χ4n) is 10.1. The molecule has 10 rings (SSSR count). The number of aromatic nitrogens is 12. The van der Waals surface area contributed by atoms with Gasteiger partial charge in [-0.25, -0.2) is 86.0 Å². The number of ether oxygens (including phenoxy) is 4. The second-order valence-corrected chi connectivity index (χ2v) is 35.3. The van der Waals surface area contributed by atoms with Crippen molar-refractivity contribution in [1.82, 2.24) is 63.5 Å². The Balaban J connectivity index is 0.000000280. The fourth-order valence-corrected chi connectivity index (χ4v) is 15.4. The first-order valence-corrected chi connectivity index (χ1v) is 44.6. The fraction of sp³-hybridized carbons (Fsp3) is 0.532. The second-order valence-electron chi connectivity index (χ2n) is 24.5. The number of rotatable bonds is 31. The van der Waals surface area contributed by atoms with Crippen LogP contribution in [0.1, 0.15) is 65.7 Å². The number of phosphoric ester groups is 4. The molecule has 0 radical (unpaired) electrons. The predicted octanol–water partition coefficient (Wildman–Crippen LogP) is -10.2. The number of aliphatic hydroxyl groups excluding tert-OH is 8. The van der Waals surface area contributed by atoms with E-state index in [4.69, 9.17) is 131 Å². The highest BCUT2D eigenvalue weighted by atomic mass is 31.3. The number of nitrogens with zero attached hydrogens (tertiary/aromatic N) is 12. The number of carboxylic acids is 4. The van der Waals surface area contributed by atoms with Crippen molar-refractivity contribution in [3.63, 3.8) is 0 Å². The van der Waals surface area contributed by atoms with Gasteiger partial charge in [0, 0.05) is 6.42 Å². The standard InChI is InChI=1S/C14H21N4O11P.C10H16N5O13P3.C10H15N5O10P2.C9H14N3O9P.C4H7NO4.H3O4P/c1-5(19)2-6(14(23)24)17-12(22)8-11(15)18(4-16-8)13-10(21)9(20)7(29-13)3-28-30(25,26)27;11-8-5-9(13-2-12-8)15(3-14-5)10-7(17)6(16)4(26-10)1-25-30(21,22)28-31(23,24)27-29(18,19)20;11-8-5-9(13-2-12-8)15(3-14-5)10-7(17)6(16)4(24-10)1-23-27(21,22)25-26(18,19)20;10-7-4(9(15)16)11-2-12(7)8-6(14)5(13)3(21-8)1-20-22(17,18)19;5-2(4(8)9)1-3(6)7;1-5(2,3)4/h4,6-7,9-10,13,20-21H,2-3,15H2,1H3,(H,17,22)(H,23,24)(H2,25,26,27);2-4,6-7,10,16-17H,1H2,(H,21,22)(H,23,24)(H2,11,12,13)(H2,18,19,20);2-4,6-7,10,16-17H,1H2,(H,21,22)(H2,11,12,13)(H2,18,19,20);2-3,5-6,8,13-14H,1,10H2,(H,15,16)(H2,17,18,19);2H,1,5H2,(H,6,7)(H,8,9);(H3,1,2,3,4)/t6-,7+,9+,10+,13?;2*4-,6-,7-,10-;3-,5-,6-,8-;2-;/m01110./s1. The summed E-state index contributed by atoms with van der Waals surface area (Å²) >= 11 is 0. The maximum atomic E-state index is 12.3. The topological polar surface area (TPSA) is 1130 Å². The van der Waals surface area contributed by atoms with Crippen LogP contribution in [0.25, 0.3) is 22.3 Å². The summed E-state index contributed by atoms with van der Waals surface area (Å²) in [6, 6.07) is -2.80. The van der Waals surface area contributed by atoms with E-state index < -0.39 is 259 Å². The maximum absolute atomic E-state index is 12.3. The highest BCUT2D eigenvalue weighted by molar-refractivity contribution is 7.66. The number of hydrogen-bond donors (Lipinski definition) is 32. The summed E-state index contributed by atoms with van der Waals surface area (Å²) in [6.07, 6.45) is -17.4. The summed E-state index contributed by atoms with van der Waals surface area (Å²) in [5.74, 6) is -7.33. The van der Waals surface area contributed by atoms with Crippen LogP contribution >= 0.6 is 62.6 Å². The Labute approximate surface area is 684 Å². The zero-order chi connectivity index (χ0) is 94.6. The Bertz CT molecular complexity index is 5140. The SMILES string of the molecule is CC(=O)C[C@H](NC(=O)c1ncn(C2O[C@H](COP(=O)(O)O)[C@@H](O)[C@H]2O)c1N)C(=O)O.N[C@@H](CC(=O)O)C(=O)O.Nc1c(C(=O)O)ncn1[C@@H]1O[C@H](COP(=O)(O)O)[C@@H](O)[C@H]1O.Nc1ncnc2c1ncn2[C@@H]1O[C@H](COP(=O)(O)OP(=O)(O)O)[C@@H](O)[C@H]1O.Nc1ncnc2c1ncn2[C@@H]1O[C@H](COP(=O)(O)OP(=O)(O)OP(=O)(O)O)[C@@H](O)[C@H]1O.O=P(O)(O)O. The van der Waals surface area contributed by atoms with Crippen molar-refractivity contribution in [3.05, 3.63) is 49.4 Å². The molecule has 69 nitrogen and oxygen atoms in total. The Hall–Kier alpha value is -7.78. The number of carboxylic acid groups (broad SMARTS) is 4. The number of nitrogen functional groups attached to an aromatic ring is 4. The number of nitrogens with one attached hydrogen (secondary N) is 1. The zero-order valence-corrected chi connectivity index (χ0v) is 68.4. The van der Waals surface area contributed by atoms with Crippen LogP contribution in [0.4, 0.5) is 23.3 Å². The summed E-state index contributed by atoms with van der Waals surface area (Å²) in [6.45, 7) is -2.04. The van der Waals surface area contributed by atoms with Crippen LogP contribution in [0.5, 0.6) is 0 Å². The zero-order valence-electron chi connectivity index (χ0n) is 61.3. The molecule has 0 aliphatic carbocycles. The van der Waals surface area contributed by atoms with E-state index in [1.54, 1.807) is 0 Å². The van der Waals surface area contributed by atoms with Crippen molar-refractivity contribution in [2.45, 2.75) is 130 Å². The molecule has 0 saturated carbocycles. The number of imidazole rings is 4. The number of ketones is 1. The van der Waals surface area contributed by atoms with E-state index in [2.05, 4.69) is 76.2 Å². The van der Waals surface area contributed by atoms with Crippen molar-refractivity contribution >= 4 is 144 Å². The lowest BCUT2D eigenvalue weighted by atomic mass is 10.1. The summed E-state index contributed by atoms with van der Waals surface area (Å²) in [5, 5.41) is 117. The molecule has 4 unspecified atom stereocenters. The average molecular weight is 1960 g/mol. The first-order valence-electron chi connectivity index (χ1n) is 32.4. The number of amides is 1. The molecule has 4 aliphatic rings. The molecular weight excluding hydrogens is 1880 g/mol. The van der Waals surface area contributed by atoms with Gasteiger partial charge in [0.2, 0.25) is 0 Å². The van der Waals surface area contributed by atoms with Crippen LogP contribution in [-0.4, -0.2) is 335 Å². The molecule has 6 aromatic rings. The molecule has 124 heavy (non-hydrogen) atoms. The number of Topliss-reactive ketones (excluding diaryl/α,β-unsaturated/α-hetero) is 1. The Morgan fingerprint density at radius 1 is 0.419 bits per heavy atom. The molecule has 37 N–H and O–H groups in total. The van der Waals surface area contributed by atoms with Crippen molar-refractivity contribution in [2.75, 3.05) is 49.4 Å². The van der Waals surface area contributed by atoms with Crippen LogP contribution in [0, 0.1) is 0 Å². The monoisotopic (exact) mass is 1960 g/mol. The number of aromatic carboxylic acids is 1. The molecule has 700 valence electrons. The first kappa shape index (κ1) is 107. The first-order chi connectivity index (χ1) is 56.6. The number of fused-ring (bicyclic) bond motifs is 2. The molecule has 0 bridgehead atoms. The highest BCUT2D eigenvalue weighted by Gasteiger charge is 2.51. The third-order valence-electron chi connectivity index (χ3n) is 15.4. The molecule has 0 aromatic carbocycles. The number of aliphatic hydroxyl groups is 8. The van der Waals surface area contributed by atoms with E-state index in [1.807, 2.05) is 0 Å². The van der Waals surface area contributed by atoms with Gasteiger partial charge in [-0.1, -0.05) is 0 Å². The van der Waals surface area contributed by atoms with E-state index in [1.165, 1.54) is 21.8 Å². The van der Waals surface area contributed by atoms with Gasteiger partial charge in [0.25, 0.3) is 5.91 Å². The van der Waals surface area contributed by atoms with Crippen LogP contribution in [0.15, 0.2) is 38.0 Å². The lowest BCUT2D eigenvalue weighted by Crippen LogP contribution is -2.42. The smallest absolute Gasteiger partial charge is 0.481 e. The van der Waals surface area contributed by atoms with Crippen molar-refractivity contribution < 1.29 is 245 Å². The van der Waals surface area contributed by atoms with Crippen LogP contribution < -0.4 is 34.0 Å². The third kappa shape index (κ3) is 31.9. The van der Waals surface area contributed by atoms with Gasteiger partial charge < -0.3 is 183 Å². The van der Waals surface area contributed by atoms with Gasteiger partial charge >= 0.3 is 86.5 Å². The number of carbonyl (C=O) groups excluding carboxylic acids is 2. The van der Waals surface area contributed by atoms with Crippen molar-refractivity contribution in [1.29, 1.82) is 0 Å². The van der Waals surface area contributed by atoms with E-state index in [-0.39, 0.29) is 45.6 Å². The number of hydrogen-bond acceptors (Lipinski definition) is 46. The minimum absolute atomic E-state index is 0.0426. The number of phosphoric acid groups is 8. The number of anilines is 4. The molecule has 21 atom stereocenters. The second kappa shape index (κ2) is 43.3. The Morgan fingerprint density at radius 3 is 1.03 bits per heavy atom. The summed E-state index contributed by atoms with van der Waals surface area (Å²) < 4.78 is 140. The number of nitrogens with two attached hydrogens (primary N) is 5. The minimum Gasteiger partial charge on any atom is -0.481 e. The summed E-state index contributed by atoms with van der Waals surface area (Å²) in [7, 11) is -41.4. The van der Waals surface area contributed by atoms with Crippen molar-refractivity contribution in [3.8, 4) is 0 Å². The largest absolute Gasteiger partial charge is 0.490 e. The Kier molecular flexibility index (Phi) is 37.3. The molecule has 4 fully saturated rings. The number of aliphatic carboxylic acids is 3. The molecule has 0 spiro atoms. The van der Waals surface area contributed by atoms with Gasteiger partial charge in [0.1, 0.15) is 126 Å². The summed E-state index contributed by atoms with van der Waals surface area (Å²) in [5.41, 5.74) is 27.5. The lowest BCUT2D eigenvalue weighted by Gasteiger charge is -2.19. The van der Waals surface area contributed by atoms with Gasteiger partial charge in [0.15, 0.2) is 59.2 Å². The van der Waals surface area contributed by atoms with E-state index in [9.17, 15) is 111 Å². The third-order valence-corrected chi connectivity index (χ3v) is 22.3. The number of carbonyl (C=O) groups is 6. The van der Waals surface area contributed by atoms with Crippen LogP contribution in [-0.2, 0) is 106 Å². The van der Waals surface area contributed by atoms with Gasteiger partial charge in [-0.3, -0.25) is 55.5 Å². The molecule has 4 saturated heterocycles. The summed E-state index contributed by atoms with van der Waals surface area (Å²) in [4.78, 5) is 214. The molecule has 6 aromatic heterocycles. The van der Waals surface area contributed by atoms with Gasteiger partial charge in [-0.2, -0.15) is 12.9 Å². The van der Waals surface area contributed by atoms with Crippen molar-refractivity contribution in [2.24, 2.45) is 5.73 Å². The molecular formula is C47H76N18O51P8. The van der Waals surface area contributed by atoms with E-state index in [0.29, 0.717) is 0 Å². The van der Waals surface area contributed by atoms with Crippen LogP contribution in [0.2, 0.25) is 0 Å². The quantitative estimate of drug-likeness (QED) is 0.0180. The Morgan fingerprint density at radius 2 is 0.734 bits per heavy atom. The molecule has 77 heteroatoms.